The van der Waals surface area contributed by atoms with Gasteiger partial charge in [0.05, 0.1) is 0 Å². The van der Waals surface area contributed by atoms with Crippen LogP contribution in [0.15, 0.2) is 0 Å². The maximum absolute atomic E-state index is 12.8. The normalized spacial score (nSPS) is 21.3. The number of carboxylic acids is 1. The second kappa shape index (κ2) is 4.88. The van der Waals surface area contributed by atoms with Gasteiger partial charge in [0.15, 0.2) is 0 Å². The molecule has 3 nitrogen and oxygen atoms in total. The van der Waals surface area contributed by atoms with Crippen molar-refractivity contribution in [1.82, 2.24) is 0 Å². The zero-order valence-corrected chi connectivity index (χ0v) is 8.42. The van der Waals surface area contributed by atoms with Crippen molar-refractivity contribution in [3.8, 4) is 0 Å². The summed E-state index contributed by atoms with van der Waals surface area (Å²) in [7, 11) is 0. The van der Waals surface area contributed by atoms with Crippen molar-refractivity contribution in [3.63, 3.8) is 0 Å². The molecule has 1 atom stereocenters. The Morgan fingerprint density at radius 2 is 1.93 bits per heavy atom. The first-order valence-corrected chi connectivity index (χ1v) is 5.22. The third-order valence-corrected chi connectivity index (χ3v) is 2.97. The summed E-state index contributed by atoms with van der Waals surface area (Å²) in [6, 6.07) is 0. The van der Waals surface area contributed by atoms with Gasteiger partial charge < -0.3 is 15.0 Å². The Kier molecular flexibility index (Phi) is 4.02. The fourth-order valence-electron chi connectivity index (χ4n) is 2.02. The number of halogens is 2. The van der Waals surface area contributed by atoms with Crippen LogP contribution in [-0.2, 0) is 4.79 Å². The van der Waals surface area contributed by atoms with Gasteiger partial charge in [0, 0.05) is 0 Å². The standard InChI is InChI=1S/C10H16F2O3/c11-10(12,9(14)15)8(13)6-7-4-2-1-3-5-7/h7-8,13H,1-6H2,(H,14,15)/p-1. The molecule has 1 saturated carbocycles. The zero-order chi connectivity index (χ0) is 11.5. The van der Waals surface area contributed by atoms with Crippen molar-refractivity contribution in [2.45, 2.75) is 50.6 Å². The molecule has 1 fully saturated rings. The Hall–Kier alpha value is -0.710. The van der Waals surface area contributed by atoms with E-state index in [-0.39, 0.29) is 12.3 Å². The summed E-state index contributed by atoms with van der Waals surface area (Å²) in [5, 5.41) is 19.2. The number of hydrogen-bond donors (Lipinski definition) is 1. The Labute approximate surface area is 87.1 Å². The molecule has 0 aliphatic heterocycles. The molecule has 15 heavy (non-hydrogen) atoms. The number of rotatable bonds is 4. The minimum absolute atomic E-state index is 0.0129. The molecule has 1 aliphatic rings. The quantitative estimate of drug-likeness (QED) is 0.760. The number of aliphatic hydroxyl groups is 1. The highest BCUT2D eigenvalue weighted by Gasteiger charge is 2.41. The van der Waals surface area contributed by atoms with Gasteiger partial charge in [-0.2, -0.15) is 8.78 Å². The first kappa shape index (κ1) is 12.4. The number of aliphatic carboxylic acids is 1. The second-order valence-corrected chi connectivity index (χ2v) is 4.17. The van der Waals surface area contributed by atoms with E-state index in [1.807, 2.05) is 0 Å². The number of alkyl halides is 2. The van der Waals surface area contributed by atoms with Gasteiger partial charge in [-0.3, -0.25) is 0 Å². The Morgan fingerprint density at radius 1 is 1.40 bits per heavy atom. The number of carbonyl (C=O) groups is 1. The molecule has 0 amide bonds. The predicted molar refractivity (Wildman–Crippen MR) is 47.2 cm³/mol. The lowest BCUT2D eigenvalue weighted by molar-refractivity contribution is -0.336. The van der Waals surface area contributed by atoms with Crippen LogP contribution >= 0.6 is 0 Å². The van der Waals surface area contributed by atoms with Crippen LogP contribution in [0.5, 0.6) is 0 Å². The average Bonchev–Trinajstić information content (AvgIpc) is 2.18. The lowest BCUT2D eigenvalue weighted by atomic mass is 9.84. The van der Waals surface area contributed by atoms with Crippen molar-refractivity contribution in [1.29, 1.82) is 0 Å². The number of aliphatic hydroxyl groups excluding tert-OH is 1. The minimum Gasteiger partial charge on any atom is -0.544 e. The van der Waals surface area contributed by atoms with Crippen LogP contribution in [0, 0.1) is 5.92 Å². The van der Waals surface area contributed by atoms with Crippen molar-refractivity contribution >= 4 is 5.97 Å². The van der Waals surface area contributed by atoms with Crippen molar-refractivity contribution in [2.24, 2.45) is 5.92 Å². The fraction of sp³-hybridized carbons (Fsp3) is 0.900. The Bertz CT molecular complexity index is 225. The summed E-state index contributed by atoms with van der Waals surface area (Å²) < 4.78 is 25.6. The van der Waals surface area contributed by atoms with E-state index in [1.54, 1.807) is 0 Å². The summed E-state index contributed by atoms with van der Waals surface area (Å²) in [6.45, 7) is 0. The Morgan fingerprint density at radius 3 is 2.40 bits per heavy atom. The molecule has 0 aromatic rings. The highest BCUT2D eigenvalue weighted by Crippen LogP contribution is 2.31. The van der Waals surface area contributed by atoms with E-state index in [0.717, 1.165) is 32.1 Å². The van der Waals surface area contributed by atoms with Gasteiger partial charge in [-0.05, 0) is 12.3 Å². The van der Waals surface area contributed by atoms with Gasteiger partial charge in [-0.15, -0.1) is 0 Å². The molecule has 1 unspecified atom stereocenters. The van der Waals surface area contributed by atoms with Crippen LogP contribution in [0.3, 0.4) is 0 Å². The molecule has 5 heteroatoms. The first-order valence-electron chi connectivity index (χ1n) is 5.22. The van der Waals surface area contributed by atoms with Crippen LogP contribution < -0.4 is 5.11 Å². The van der Waals surface area contributed by atoms with Crippen LogP contribution in [0.25, 0.3) is 0 Å². The van der Waals surface area contributed by atoms with E-state index in [9.17, 15) is 18.7 Å². The molecule has 0 radical (unpaired) electrons. The summed E-state index contributed by atoms with van der Waals surface area (Å²) in [5.74, 6) is -6.61. The summed E-state index contributed by atoms with van der Waals surface area (Å²) in [5.41, 5.74) is 0. The van der Waals surface area contributed by atoms with Gasteiger partial charge in [0.2, 0.25) is 0 Å². The molecule has 0 spiro atoms. The number of hydrogen-bond acceptors (Lipinski definition) is 3. The maximum atomic E-state index is 12.8. The maximum Gasteiger partial charge on any atom is 0.312 e. The van der Waals surface area contributed by atoms with E-state index >= 15 is 0 Å². The van der Waals surface area contributed by atoms with E-state index < -0.39 is 18.0 Å². The molecule has 0 aromatic carbocycles. The fourth-order valence-corrected chi connectivity index (χ4v) is 2.02. The molecule has 88 valence electrons. The Balaban J connectivity index is 2.46. The highest BCUT2D eigenvalue weighted by atomic mass is 19.3. The van der Waals surface area contributed by atoms with Gasteiger partial charge in [-0.25, -0.2) is 0 Å². The van der Waals surface area contributed by atoms with Crippen molar-refractivity contribution in [2.75, 3.05) is 0 Å². The van der Waals surface area contributed by atoms with Gasteiger partial charge in [0.25, 0.3) is 0 Å². The van der Waals surface area contributed by atoms with E-state index in [2.05, 4.69) is 0 Å². The number of carbonyl (C=O) groups excluding carboxylic acids is 1. The molecule has 1 aliphatic carbocycles. The molecule has 1 rings (SSSR count). The largest absolute Gasteiger partial charge is 0.544 e. The molecule has 0 aromatic heterocycles. The van der Waals surface area contributed by atoms with E-state index in [4.69, 9.17) is 5.11 Å². The first-order chi connectivity index (χ1) is 6.94. The number of carboxylic acid groups (broad SMARTS) is 1. The smallest absolute Gasteiger partial charge is 0.312 e. The second-order valence-electron chi connectivity index (χ2n) is 4.17. The van der Waals surface area contributed by atoms with Crippen LogP contribution in [-0.4, -0.2) is 23.1 Å². The van der Waals surface area contributed by atoms with E-state index in [0.29, 0.717) is 0 Å². The van der Waals surface area contributed by atoms with Crippen LogP contribution in [0.2, 0.25) is 0 Å². The van der Waals surface area contributed by atoms with Crippen molar-refractivity contribution in [3.05, 3.63) is 0 Å². The lowest BCUT2D eigenvalue weighted by Gasteiger charge is -2.28. The highest BCUT2D eigenvalue weighted by molar-refractivity contribution is 5.73. The van der Waals surface area contributed by atoms with Crippen molar-refractivity contribution < 1.29 is 23.8 Å². The van der Waals surface area contributed by atoms with Crippen LogP contribution in [0.1, 0.15) is 38.5 Å². The lowest BCUT2D eigenvalue weighted by Crippen LogP contribution is -2.50. The third kappa shape index (κ3) is 3.12. The molecule has 0 saturated heterocycles. The zero-order valence-electron chi connectivity index (χ0n) is 8.42. The molecular formula is C10H15F2O3-. The summed E-state index contributed by atoms with van der Waals surface area (Å²) >= 11 is 0. The summed E-state index contributed by atoms with van der Waals surface area (Å²) in [6.07, 6.45) is 2.33. The average molecular weight is 221 g/mol. The van der Waals surface area contributed by atoms with Gasteiger partial charge >= 0.3 is 5.92 Å². The summed E-state index contributed by atoms with van der Waals surface area (Å²) in [4.78, 5) is 10.1. The molecular weight excluding hydrogens is 206 g/mol. The SMILES string of the molecule is O=C([O-])C(F)(F)C(O)CC1CCCCC1. The third-order valence-electron chi connectivity index (χ3n) is 2.97. The topological polar surface area (TPSA) is 60.4 Å². The monoisotopic (exact) mass is 221 g/mol. The molecule has 1 N–H and O–H groups in total. The predicted octanol–water partition coefficient (Wildman–Crippen LogP) is 0.703. The van der Waals surface area contributed by atoms with Gasteiger partial charge in [-0.1, -0.05) is 32.1 Å². The minimum atomic E-state index is -4.13. The van der Waals surface area contributed by atoms with Gasteiger partial charge in [0.1, 0.15) is 12.1 Å². The van der Waals surface area contributed by atoms with E-state index in [1.165, 1.54) is 0 Å². The van der Waals surface area contributed by atoms with Crippen LogP contribution in [0.4, 0.5) is 8.78 Å². The molecule has 0 bridgehead atoms. The molecule has 0 heterocycles.